The lowest BCUT2D eigenvalue weighted by atomic mass is 9.79. The van der Waals surface area contributed by atoms with Crippen molar-refractivity contribution in [2.24, 2.45) is 16.8 Å². The molecule has 3 N–H and O–H groups in total. The second-order valence-corrected chi connectivity index (χ2v) is 20.2. The highest BCUT2D eigenvalue weighted by Gasteiger charge is 2.23. The van der Waals surface area contributed by atoms with Crippen molar-refractivity contribution < 1.29 is 9.90 Å². The predicted molar refractivity (Wildman–Crippen MR) is 279 cm³/mol. The average Bonchev–Trinajstić information content (AvgIpc) is 3.40. The molecule has 5 saturated carbocycles. The van der Waals surface area contributed by atoms with E-state index in [0.717, 1.165) is 94.8 Å². The summed E-state index contributed by atoms with van der Waals surface area (Å²) in [5, 5.41) is 13.2. The third kappa shape index (κ3) is 18.2. The normalized spacial score (nSPS) is 26.1. The maximum Gasteiger partial charge on any atom is 0.132 e. The van der Waals surface area contributed by atoms with E-state index < -0.39 is 0 Å². The maximum atomic E-state index is 11.0. The molecule has 0 bridgehead atoms. The monoisotopic (exact) mass is 901 g/mol. The van der Waals surface area contributed by atoms with Gasteiger partial charge in [0, 0.05) is 29.8 Å². The lowest BCUT2D eigenvalue weighted by molar-refractivity contribution is -0.120. The Morgan fingerprint density at radius 2 is 0.716 bits per heavy atom. The first-order valence-electron chi connectivity index (χ1n) is 26.1. The molecule has 0 aliphatic heterocycles. The van der Waals surface area contributed by atoms with Crippen molar-refractivity contribution in [1.29, 1.82) is 0 Å². The van der Waals surface area contributed by atoms with Gasteiger partial charge in [0.2, 0.25) is 0 Å². The highest BCUT2D eigenvalue weighted by Crippen LogP contribution is 2.37. The number of aliphatic hydroxyl groups is 1. The number of Topliss-reactive ketones (excluding diaryl/α,β-unsaturated/α-hetero) is 1. The maximum absolute atomic E-state index is 11.0. The number of aliphatic hydroxyl groups excluding tert-OH is 1. The molecule has 356 valence electrons. The van der Waals surface area contributed by atoms with Crippen LogP contribution in [0.3, 0.4) is 0 Å². The zero-order valence-corrected chi connectivity index (χ0v) is 40.5. The zero-order chi connectivity index (χ0) is 46.9. The number of nitrogens with two attached hydrogens (primary N) is 1. The average molecular weight is 901 g/mol. The van der Waals surface area contributed by atoms with Crippen LogP contribution in [0.25, 0.3) is 10.4 Å². The third-order valence-electron chi connectivity index (χ3n) is 15.3. The van der Waals surface area contributed by atoms with Crippen LogP contribution in [0.2, 0.25) is 0 Å². The van der Waals surface area contributed by atoms with Crippen molar-refractivity contribution in [3.63, 3.8) is 0 Å². The standard InChI is InChI=1S/C13H18.C12H15N3.C12H17N.C12H16O.C12H14O/c1-11-7-9-13(10-8-11)12-5-3-2-4-6-12;13-15-14-12-8-6-11(7-9-12)10-4-2-1-3-5-10;3*13-12-8-6-11(7-9-12)10-4-2-1-3-5-10/h2-6,11,13H,7-10H2,1H3;1-5,11-12H,6-9H2;1-5,11-12H,6-9,13H2;1-5,11-13H,6-9H2;1-5,11H,6-9H2. The Morgan fingerprint density at radius 3 is 1.04 bits per heavy atom. The van der Waals surface area contributed by atoms with E-state index in [1.165, 1.54) is 73.6 Å². The summed E-state index contributed by atoms with van der Waals surface area (Å²) >= 11 is 0. The van der Waals surface area contributed by atoms with Crippen molar-refractivity contribution >= 4 is 5.78 Å². The van der Waals surface area contributed by atoms with Gasteiger partial charge in [-0.3, -0.25) is 4.79 Å². The van der Waals surface area contributed by atoms with Crippen LogP contribution >= 0.6 is 0 Å². The number of azide groups is 1. The van der Waals surface area contributed by atoms with Gasteiger partial charge in [0.05, 0.1) is 6.10 Å². The lowest BCUT2D eigenvalue weighted by Crippen LogP contribution is -2.25. The molecule has 0 spiro atoms. The summed E-state index contributed by atoms with van der Waals surface area (Å²) in [6.07, 6.45) is 22.7. The lowest BCUT2D eigenvalue weighted by Gasteiger charge is -2.26. The zero-order valence-electron chi connectivity index (χ0n) is 40.5. The third-order valence-corrected chi connectivity index (χ3v) is 15.3. The first-order valence-corrected chi connectivity index (χ1v) is 26.1. The molecule has 6 nitrogen and oxygen atoms in total. The Morgan fingerprint density at radius 1 is 0.433 bits per heavy atom. The van der Waals surface area contributed by atoms with E-state index in [9.17, 15) is 9.90 Å². The summed E-state index contributed by atoms with van der Waals surface area (Å²) in [6, 6.07) is 54.3. The van der Waals surface area contributed by atoms with Gasteiger partial charge < -0.3 is 10.8 Å². The second kappa shape index (κ2) is 29.0. The van der Waals surface area contributed by atoms with Gasteiger partial charge in [0.1, 0.15) is 5.78 Å². The van der Waals surface area contributed by atoms with Crippen LogP contribution in [0, 0.1) is 5.92 Å². The molecule has 0 radical (unpaired) electrons. The van der Waals surface area contributed by atoms with E-state index in [4.69, 9.17) is 11.3 Å². The summed E-state index contributed by atoms with van der Waals surface area (Å²) < 4.78 is 0. The summed E-state index contributed by atoms with van der Waals surface area (Å²) in [5.74, 6) is 4.98. The fourth-order valence-corrected chi connectivity index (χ4v) is 11.0. The van der Waals surface area contributed by atoms with Gasteiger partial charge >= 0.3 is 0 Å². The van der Waals surface area contributed by atoms with E-state index in [2.05, 4.69) is 163 Å². The molecule has 5 aliphatic carbocycles. The van der Waals surface area contributed by atoms with E-state index >= 15 is 0 Å². The number of hydrogen-bond donors (Lipinski definition) is 2. The minimum atomic E-state index is -0.0417. The van der Waals surface area contributed by atoms with Gasteiger partial charge in [-0.05, 0) is 172 Å². The number of rotatable bonds is 6. The Balaban J connectivity index is 0.000000138. The molecule has 10 rings (SSSR count). The van der Waals surface area contributed by atoms with Gasteiger partial charge in [0.15, 0.2) is 0 Å². The number of carbonyl (C=O) groups is 1. The largest absolute Gasteiger partial charge is 0.393 e. The molecule has 0 heterocycles. The van der Waals surface area contributed by atoms with E-state index in [1.807, 2.05) is 6.07 Å². The highest BCUT2D eigenvalue weighted by molar-refractivity contribution is 5.79. The van der Waals surface area contributed by atoms with E-state index in [1.54, 1.807) is 5.56 Å². The predicted octanol–water partition coefficient (Wildman–Crippen LogP) is 16.3. The molecule has 0 aromatic heterocycles. The molecule has 5 aliphatic rings. The quantitative estimate of drug-likeness (QED) is 0.101. The van der Waals surface area contributed by atoms with Gasteiger partial charge in [-0.2, -0.15) is 0 Å². The molecule has 6 heteroatoms. The summed E-state index contributed by atoms with van der Waals surface area (Å²) in [7, 11) is 0. The van der Waals surface area contributed by atoms with Crippen LogP contribution in [-0.2, 0) is 4.79 Å². The second-order valence-electron chi connectivity index (χ2n) is 20.2. The molecule has 0 unspecified atom stereocenters. The molecular formula is C61H80N4O2. The Hall–Kier alpha value is -5.00. The number of carbonyl (C=O) groups excluding carboxylic acids is 1. The summed E-state index contributed by atoms with van der Waals surface area (Å²) in [6.45, 7) is 2.38. The van der Waals surface area contributed by atoms with Crippen LogP contribution in [0.4, 0.5) is 0 Å². The minimum Gasteiger partial charge on any atom is -0.393 e. The van der Waals surface area contributed by atoms with Crippen LogP contribution in [0.5, 0.6) is 0 Å². The number of nitrogens with zero attached hydrogens (tertiary/aromatic N) is 3. The van der Waals surface area contributed by atoms with Gasteiger partial charge in [-0.25, -0.2) is 0 Å². The van der Waals surface area contributed by atoms with Crippen molar-refractivity contribution in [3.05, 3.63) is 190 Å². The van der Waals surface area contributed by atoms with Crippen molar-refractivity contribution in [2.75, 3.05) is 0 Å². The van der Waals surface area contributed by atoms with E-state index in [-0.39, 0.29) is 12.1 Å². The molecule has 0 amide bonds. The van der Waals surface area contributed by atoms with Crippen LogP contribution in [0.1, 0.15) is 193 Å². The Labute approximate surface area is 403 Å². The highest BCUT2D eigenvalue weighted by atomic mass is 16.3. The fourth-order valence-electron chi connectivity index (χ4n) is 11.0. The van der Waals surface area contributed by atoms with Crippen LogP contribution < -0.4 is 5.73 Å². The van der Waals surface area contributed by atoms with Crippen molar-refractivity contribution in [1.82, 2.24) is 0 Å². The van der Waals surface area contributed by atoms with Crippen molar-refractivity contribution in [2.45, 2.75) is 183 Å². The first kappa shape index (κ1) is 51.4. The number of benzene rings is 5. The Bertz CT molecular complexity index is 1950. The van der Waals surface area contributed by atoms with Crippen LogP contribution in [0.15, 0.2) is 157 Å². The topological polar surface area (TPSA) is 112 Å². The molecular weight excluding hydrogens is 821 g/mol. The van der Waals surface area contributed by atoms with Gasteiger partial charge in [-0.15, -0.1) is 0 Å². The van der Waals surface area contributed by atoms with E-state index in [0.29, 0.717) is 29.6 Å². The van der Waals surface area contributed by atoms with Crippen molar-refractivity contribution in [3.8, 4) is 0 Å². The smallest absolute Gasteiger partial charge is 0.132 e. The SMILES string of the molecule is CC1CCC(c2ccccc2)CC1.NC1CCC(c2ccccc2)CC1.O=C1CCC(c2ccccc2)CC1.OC1CCC(c2ccccc2)CC1.[N-]=[N+]=NC1CCC(c2ccccc2)CC1. The minimum absolute atomic E-state index is 0.0417. The molecule has 5 fully saturated rings. The first-order chi connectivity index (χ1) is 32.8. The van der Waals surface area contributed by atoms with Gasteiger partial charge in [-0.1, -0.05) is 177 Å². The molecule has 67 heavy (non-hydrogen) atoms. The fraction of sp³-hybridized carbons (Fsp3) is 0.492. The summed E-state index contributed by atoms with van der Waals surface area (Å²) in [4.78, 5) is 13.9. The number of ketones is 1. The number of hydrogen-bond acceptors (Lipinski definition) is 4. The molecule has 0 saturated heterocycles. The molecule has 5 aromatic carbocycles. The molecule has 0 atom stereocenters. The summed E-state index contributed by atoms with van der Waals surface area (Å²) in [5.41, 5.74) is 21.5. The van der Waals surface area contributed by atoms with Gasteiger partial charge in [0.25, 0.3) is 0 Å². The Kier molecular flexibility index (Phi) is 22.3. The molecule has 5 aromatic rings. The van der Waals surface area contributed by atoms with Crippen LogP contribution in [-0.4, -0.2) is 29.1 Å².